The fourth-order valence-corrected chi connectivity index (χ4v) is 4.24. The first-order valence-corrected chi connectivity index (χ1v) is 8.69. The molecule has 1 fully saturated rings. The zero-order valence-corrected chi connectivity index (χ0v) is 13.4. The van der Waals surface area contributed by atoms with E-state index in [-0.39, 0.29) is 5.91 Å². The summed E-state index contributed by atoms with van der Waals surface area (Å²) in [4.78, 5) is 18.4. The quantitative estimate of drug-likeness (QED) is 0.906. The Hall–Kier alpha value is -1.76. The van der Waals surface area contributed by atoms with Crippen molar-refractivity contribution in [2.24, 2.45) is 0 Å². The molecule has 2 aromatic rings. The molecule has 2 aliphatic carbocycles. The highest BCUT2D eigenvalue weighted by Crippen LogP contribution is 2.40. The van der Waals surface area contributed by atoms with E-state index in [2.05, 4.69) is 32.6 Å². The van der Waals surface area contributed by atoms with Gasteiger partial charge in [0.1, 0.15) is 0 Å². The van der Waals surface area contributed by atoms with Crippen LogP contribution in [0.4, 0.5) is 0 Å². The average Bonchev–Trinajstić information content (AvgIpc) is 3.09. The minimum absolute atomic E-state index is 0.116. The number of hydrogen-bond donors (Lipinski definition) is 2. The molecular weight excluding hydrogens is 298 g/mol. The Kier molecular flexibility index (Phi) is 3.44. The molecule has 2 heterocycles. The zero-order valence-electron chi connectivity index (χ0n) is 12.6. The van der Waals surface area contributed by atoms with Crippen molar-refractivity contribution in [1.82, 2.24) is 25.7 Å². The number of nitrogens with zero attached hydrogens (tertiary/aromatic N) is 3. The van der Waals surface area contributed by atoms with Crippen LogP contribution in [0.25, 0.3) is 0 Å². The molecule has 7 heteroatoms. The molecule has 4 rings (SSSR count). The van der Waals surface area contributed by atoms with Gasteiger partial charge >= 0.3 is 0 Å². The lowest BCUT2D eigenvalue weighted by Crippen LogP contribution is -2.30. The molecule has 22 heavy (non-hydrogen) atoms. The summed E-state index contributed by atoms with van der Waals surface area (Å²) in [6.07, 6.45) is 5.60. The van der Waals surface area contributed by atoms with Gasteiger partial charge in [0.25, 0.3) is 5.91 Å². The molecule has 6 nitrogen and oxygen atoms in total. The summed E-state index contributed by atoms with van der Waals surface area (Å²) in [7, 11) is 0. The molecule has 2 N–H and O–H groups in total. The first-order chi connectivity index (χ1) is 10.7. The maximum Gasteiger partial charge on any atom is 0.273 e. The molecule has 0 aliphatic heterocycles. The van der Waals surface area contributed by atoms with Gasteiger partial charge < -0.3 is 5.32 Å². The van der Waals surface area contributed by atoms with E-state index in [0.29, 0.717) is 24.1 Å². The Morgan fingerprint density at radius 1 is 1.32 bits per heavy atom. The van der Waals surface area contributed by atoms with Crippen molar-refractivity contribution in [3.63, 3.8) is 0 Å². The van der Waals surface area contributed by atoms with E-state index in [1.54, 1.807) is 11.3 Å². The maximum atomic E-state index is 12.4. The number of nitrogens with one attached hydrogen (secondary N) is 2. The van der Waals surface area contributed by atoms with E-state index in [1.165, 1.54) is 17.0 Å². The fraction of sp³-hybridized carbons (Fsp3) is 0.600. The van der Waals surface area contributed by atoms with Crippen LogP contribution in [0.1, 0.15) is 69.3 Å². The number of carbonyl (C=O) groups is 1. The number of aryl methyl sites for hydroxylation is 2. The van der Waals surface area contributed by atoms with Gasteiger partial charge in [-0.2, -0.15) is 15.4 Å². The second-order valence-corrected chi connectivity index (χ2v) is 7.46. The van der Waals surface area contributed by atoms with Gasteiger partial charge in [0.05, 0.1) is 16.4 Å². The molecule has 0 saturated heterocycles. The molecule has 1 unspecified atom stereocenters. The summed E-state index contributed by atoms with van der Waals surface area (Å²) < 4.78 is 0. The van der Waals surface area contributed by atoms with Crippen molar-refractivity contribution in [3.05, 3.63) is 27.0 Å². The monoisotopic (exact) mass is 317 g/mol. The predicted octanol–water partition coefficient (Wildman–Crippen LogP) is 2.30. The molecule has 1 saturated carbocycles. The summed E-state index contributed by atoms with van der Waals surface area (Å²) in [6, 6.07) is 0. The smallest absolute Gasteiger partial charge is 0.273 e. The summed E-state index contributed by atoms with van der Waals surface area (Å²) >= 11 is 1.79. The third kappa shape index (κ3) is 2.54. The minimum atomic E-state index is -0.116. The Morgan fingerprint density at radius 2 is 2.18 bits per heavy atom. The normalized spacial score (nSPS) is 20.7. The summed E-state index contributed by atoms with van der Waals surface area (Å²) in [6.45, 7) is 2.68. The summed E-state index contributed by atoms with van der Waals surface area (Å²) in [5.41, 5.74) is 2.48. The second-order valence-electron chi connectivity index (χ2n) is 6.17. The van der Waals surface area contributed by atoms with Gasteiger partial charge in [0.2, 0.25) is 0 Å². The highest BCUT2D eigenvalue weighted by atomic mass is 32.1. The van der Waals surface area contributed by atoms with Crippen LogP contribution >= 0.6 is 11.3 Å². The van der Waals surface area contributed by atoms with Crippen molar-refractivity contribution < 1.29 is 4.79 Å². The second kappa shape index (κ2) is 5.46. The van der Waals surface area contributed by atoms with Crippen molar-refractivity contribution >= 4 is 17.2 Å². The number of aromatic nitrogens is 4. The van der Waals surface area contributed by atoms with Crippen LogP contribution in [0.5, 0.6) is 0 Å². The van der Waals surface area contributed by atoms with Gasteiger partial charge in [0.15, 0.2) is 5.69 Å². The lowest BCUT2D eigenvalue weighted by atomic mass is 9.91. The van der Waals surface area contributed by atoms with Crippen LogP contribution < -0.4 is 5.32 Å². The van der Waals surface area contributed by atoms with Crippen LogP contribution in [0, 0.1) is 6.92 Å². The zero-order chi connectivity index (χ0) is 15.1. The molecule has 2 aliphatic rings. The van der Waals surface area contributed by atoms with Crippen molar-refractivity contribution in [2.45, 2.75) is 50.9 Å². The molecule has 0 spiro atoms. The Bertz CT molecular complexity index is 703. The minimum Gasteiger partial charge on any atom is -0.350 e. The number of rotatable bonds is 4. The van der Waals surface area contributed by atoms with Crippen molar-refractivity contribution in [1.29, 1.82) is 0 Å². The molecule has 2 aromatic heterocycles. The highest BCUT2D eigenvalue weighted by molar-refractivity contribution is 7.11. The molecule has 0 aromatic carbocycles. The Balaban J connectivity index is 1.44. The van der Waals surface area contributed by atoms with Gasteiger partial charge in [-0.25, -0.2) is 4.98 Å². The lowest BCUT2D eigenvalue weighted by Gasteiger charge is -2.21. The van der Waals surface area contributed by atoms with Crippen LogP contribution in [-0.4, -0.2) is 32.8 Å². The lowest BCUT2D eigenvalue weighted by molar-refractivity contribution is 0.0944. The Labute approximate surface area is 132 Å². The van der Waals surface area contributed by atoms with Crippen molar-refractivity contribution in [2.75, 3.05) is 6.54 Å². The predicted molar refractivity (Wildman–Crippen MR) is 83.2 cm³/mol. The van der Waals surface area contributed by atoms with Gasteiger partial charge in [-0.3, -0.25) is 4.79 Å². The van der Waals surface area contributed by atoms with E-state index in [4.69, 9.17) is 0 Å². The number of amides is 1. The standard InChI is InChI=1S/C15H19N5OS/c1-8-17-12-10(3-2-4-11(12)22-8)7-16-15(21)14-13(9-5-6-9)18-20-19-14/h9-10H,2-7H2,1H3,(H,16,21)(H,18,19,20). The summed E-state index contributed by atoms with van der Waals surface area (Å²) in [5, 5.41) is 14.9. The molecule has 0 bridgehead atoms. The van der Waals surface area contributed by atoms with E-state index >= 15 is 0 Å². The maximum absolute atomic E-state index is 12.4. The van der Waals surface area contributed by atoms with Gasteiger partial charge in [-0.1, -0.05) is 0 Å². The number of H-pyrrole nitrogens is 1. The van der Waals surface area contributed by atoms with E-state index in [0.717, 1.165) is 36.4 Å². The molecular formula is C15H19N5OS. The first kappa shape index (κ1) is 13.9. The third-order valence-electron chi connectivity index (χ3n) is 4.44. The third-order valence-corrected chi connectivity index (χ3v) is 5.49. The topological polar surface area (TPSA) is 83.6 Å². The highest BCUT2D eigenvalue weighted by Gasteiger charge is 2.32. The van der Waals surface area contributed by atoms with Crippen LogP contribution in [0.15, 0.2) is 0 Å². The van der Waals surface area contributed by atoms with Gasteiger partial charge in [-0.05, 0) is 39.0 Å². The number of aromatic amines is 1. The van der Waals surface area contributed by atoms with Crippen LogP contribution in [-0.2, 0) is 6.42 Å². The molecule has 1 amide bonds. The molecule has 1 atom stereocenters. The Morgan fingerprint density at radius 3 is 3.00 bits per heavy atom. The van der Waals surface area contributed by atoms with Crippen LogP contribution in [0.2, 0.25) is 0 Å². The average molecular weight is 317 g/mol. The number of thiazole rings is 1. The SMILES string of the molecule is Cc1nc2c(s1)CCCC2CNC(=O)c1n[nH]nc1C1CC1. The number of fused-ring (bicyclic) bond motifs is 1. The molecule has 0 radical (unpaired) electrons. The van der Waals surface area contributed by atoms with E-state index < -0.39 is 0 Å². The number of hydrogen-bond acceptors (Lipinski definition) is 5. The number of carbonyl (C=O) groups excluding carboxylic acids is 1. The van der Waals surface area contributed by atoms with Crippen LogP contribution in [0.3, 0.4) is 0 Å². The molecule has 116 valence electrons. The van der Waals surface area contributed by atoms with E-state index in [1.807, 2.05) is 0 Å². The largest absolute Gasteiger partial charge is 0.350 e. The van der Waals surface area contributed by atoms with E-state index in [9.17, 15) is 4.79 Å². The summed E-state index contributed by atoms with van der Waals surface area (Å²) in [5.74, 6) is 0.630. The fourth-order valence-electron chi connectivity index (χ4n) is 3.18. The van der Waals surface area contributed by atoms with Crippen molar-refractivity contribution in [3.8, 4) is 0 Å². The van der Waals surface area contributed by atoms with Gasteiger partial charge in [-0.15, -0.1) is 11.3 Å². The van der Waals surface area contributed by atoms with Gasteiger partial charge in [0, 0.05) is 23.3 Å². The first-order valence-electron chi connectivity index (χ1n) is 7.87.